The van der Waals surface area contributed by atoms with Crippen molar-refractivity contribution in [2.24, 2.45) is 11.8 Å². The Labute approximate surface area is 200 Å². The van der Waals surface area contributed by atoms with Crippen molar-refractivity contribution in [1.82, 2.24) is 0 Å². The number of thiol groups is 1. The molecule has 5 unspecified atom stereocenters. The lowest BCUT2D eigenvalue weighted by atomic mass is 9.64. The maximum absolute atomic E-state index is 15.8. The van der Waals surface area contributed by atoms with E-state index in [4.69, 9.17) is 4.74 Å². The average molecular weight is 493 g/mol. The van der Waals surface area contributed by atoms with E-state index >= 15 is 17.6 Å². The Morgan fingerprint density at radius 3 is 2.18 bits per heavy atom. The largest absolute Gasteiger partial charge is 0.490 e. The lowest BCUT2D eigenvalue weighted by Crippen LogP contribution is -2.66. The van der Waals surface area contributed by atoms with E-state index in [1.165, 1.54) is 37.8 Å². The fraction of sp³-hybridized carbons (Fsp3) is 0.769. The van der Waals surface area contributed by atoms with Gasteiger partial charge < -0.3 is 4.74 Å². The van der Waals surface area contributed by atoms with Crippen LogP contribution < -0.4 is 4.74 Å². The van der Waals surface area contributed by atoms with Crippen molar-refractivity contribution >= 4 is 12.6 Å². The Kier molecular flexibility index (Phi) is 9.39. The van der Waals surface area contributed by atoms with E-state index in [0.29, 0.717) is 36.5 Å². The van der Waals surface area contributed by atoms with Gasteiger partial charge in [-0.2, -0.15) is 0 Å². The summed E-state index contributed by atoms with van der Waals surface area (Å²) in [7, 11) is 0. The molecule has 1 aromatic rings. The van der Waals surface area contributed by atoms with E-state index in [1.807, 2.05) is 0 Å². The lowest BCUT2D eigenvalue weighted by molar-refractivity contribution is -0.186. The van der Waals surface area contributed by atoms with Gasteiger partial charge in [-0.3, -0.25) is 0 Å². The van der Waals surface area contributed by atoms with Gasteiger partial charge in [0.05, 0.1) is 0 Å². The topological polar surface area (TPSA) is 9.23 Å². The summed E-state index contributed by atoms with van der Waals surface area (Å²) in [4.78, 5) is 0.652. The number of unbranched alkanes of at least 4 members (excludes halogenated alkanes) is 4. The second-order valence-electron chi connectivity index (χ2n) is 10.0. The second-order valence-corrected chi connectivity index (χ2v) is 10.6. The molecule has 0 bridgehead atoms. The smallest absolute Gasteiger partial charge is 0.181 e. The fourth-order valence-corrected chi connectivity index (χ4v) is 5.67. The monoisotopic (exact) mass is 492 g/mol. The zero-order chi connectivity index (χ0) is 24.1. The van der Waals surface area contributed by atoms with Crippen LogP contribution in [-0.2, 0) is 0 Å². The van der Waals surface area contributed by atoms with Crippen LogP contribution >= 0.6 is 12.6 Å². The molecular weight excluding hydrogens is 455 g/mol. The van der Waals surface area contributed by atoms with Gasteiger partial charge in [-0.05, 0) is 48.9 Å². The molecule has 1 aromatic carbocycles. The summed E-state index contributed by atoms with van der Waals surface area (Å²) >= 11 is 4.13. The molecule has 2 fully saturated rings. The van der Waals surface area contributed by atoms with Gasteiger partial charge in [-0.15, -0.1) is 12.6 Å². The summed E-state index contributed by atoms with van der Waals surface area (Å²) in [6.45, 7) is 1.29. The quantitative estimate of drug-likeness (QED) is 0.196. The Morgan fingerprint density at radius 2 is 1.55 bits per heavy atom. The molecule has 5 atom stereocenters. The predicted octanol–water partition coefficient (Wildman–Crippen LogP) is 8.36. The van der Waals surface area contributed by atoms with Gasteiger partial charge >= 0.3 is 0 Å². The first-order chi connectivity index (χ1) is 15.7. The first-order valence-corrected chi connectivity index (χ1v) is 12.9. The predicted molar refractivity (Wildman–Crippen MR) is 125 cm³/mol. The van der Waals surface area contributed by atoms with Crippen molar-refractivity contribution in [2.75, 3.05) is 6.61 Å². The standard InChI is InChI=1S/C26H37F5OS/c1-2-3-4-5-6-7-18-8-10-19(11-9-18)26(31)22(27)16-25(30,23(28)24(26)29)17-32-20-12-14-21(33)15-13-20/h12-15,18-19,22-24,33H,2-11,16-17H2,1H3. The molecule has 0 aromatic heterocycles. The maximum Gasteiger partial charge on any atom is 0.181 e. The van der Waals surface area contributed by atoms with Gasteiger partial charge in [-0.25, -0.2) is 22.0 Å². The third-order valence-corrected chi connectivity index (χ3v) is 7.97. The summed E-state index contributed by atoms with van der Waals surface area (Å²) in [5.41, 5.74) is -5.92. The van der Waals surface area contributed by atoms with Crippen LogP contribution in [0.5, 0.6) is 5.75 Å². The highest BCUT2D eigenvalue weighted by molar-refractivity contribution is 7.80. The molecule has 2 aliphatic carbocycles. The van der Waals surface area contributed by atoms with Gasteiger partial charge in [0.1, 0.15) is 18.5 Å². The molecule has 2 saturated carbocycles. The molecule has 0 aliphatic heterocycles. The van der Waals surface area contributed by atoms with Gasteiger partial charge in [0.25, 0.3) is 0 Å². The molecule has 0 amide bonds. The minimum Gasteiger partial charge on any atom is -0.490 e. The van der Waals surface area contributed by atoms with Crippen LogP contribution in [0.1, 0.15) is 77.6 Å². The van der Waals surface area contributed by atoms with Crippen molar-refractivity contribution in [1.29, 1.82) is 0 Å². The molecular formula is C26H37F5OS. The van der Waals surface area contributed by atoms with Gasteiger partial charge in [0.15, 0.2) is 23.7 Å². The van der Waals surface area contributed by atoms with Gasteiger partial charge in [0.2, 0.25) is 0 Å². The number of ether oxygens (including phenoxy) is 1. The van der Waals surface area contributed by atoms with Crippen LogP contribution in [0.3, 0.4) is 0 Å². The minimum absolute atomic E-state index is 0.230. The Morgan fingerprint density at radius 1 is 0.909 bits per heavy atom. The molecule has 0 radical (unpaired) electrons. The van der Waals surface area contributed by atoms with Crippen LogP contribution in [-0.4, -0.2) is 36.5 Å². The van der Waals surface area contributed by atoms with E-state index in [-0.39, 0.29) is 5.75 Å². The molecule has 7 heteroatoms. The van der Waals surface area contributed by atoms with E-state index in [0.717, 1.165) is 12.8 Å². The summed E-state index contributed by atoms with van der Waals surface area (Å²) in [5.74, 6) is -0.275. The number of hydrogen-bond donors (Lipinski definition) is 1. The SMILES string of the molecule is CCCCCCCC1CCC(C2(F)C(F)CC(F)(COc3ccc(S)cc3)C(F)C2F)CC1. The molecule has 0 N–H and O–H groups in total. The van der Waals surface area contributed by atoms with Gasteiger partial charge in [0, 0.05) is 11.3 Å². The van der Waals surface area contributed by atoms with Crippen LogP contribution in [0.25, 0.3) is 0 Å². The molecule has 1 nitrogen and oxygen atoms in total. The lowest BCUT2D eigenvalue weighted by Gasteiger charge is -2.49. The number of rotatable bonds is 10. The highest BCUT2D eigenvalue weighted by Crippen LogP contribution is 2.52. The molecule has 33 heavy (non-hydrogen) atoms. The molecule has 3 rings (SSSR count). The molecule has 0 spiro atoms. The summed E-state index contributed by atoms with van der Waals surface area (Å²) < 4.78 is 81.3. The van der Waals surface area contributed by atoms with Crippen LogP contribution in [0, 0.1) is 11.8 Å². The summed E-state index contributed by atoms with van der Waals surface area (Å²) in [5, 5.41) is 0. The van der Waals surface area contributed by atoms with E-state index < -0.39 is 48.8 Å². The summed E-state index contributed by atoms with van der Waals surface area (Å²) in [6, 6.07) is 6.20. The first-order valence-electron chi connectivity index (χ1n) is 12.4. The van der Waals surface area contributed by atoms with Crippen molar-refractivity contribution < 1.29 is 26.7 Å². The van der Waals surface area contributed by atoms with Gasteiger partial charge in [-0.1, -0.05) is 58.3 Å². The molecule has 0 heterocycles. The first kappa shape index (κ1) is 26.6. The average Bonchev–Trinajstić information content (AvgIpc) is 2.81. The van der Waals surface area contributed by atoms with E-state index in [9.17, 15) is 4.39 Å². The van der Waals surface area contributed by atoms with Crippen LogP contribution in [0.15, 0.2) is 29.2 Å². The number of alkyl halides is 5. The zero-order valence-electron chi connectivity index (χ0n) is 19.4. The normalized spacial score (nSPS) is 37.1. The Balaban J connectivity index is 1.55. The van der Waals surface area contributed by atoms with E-state index in [2.05, 4.69) is 19.6 Å². The Bertz CT molecular complexity index is 726. The van der Waals surface area contributed by atoms with E-state index in [1.54, 1.807) is 12.1 Å². The third kappa shape index (κ3) is 6.18. The number of benzene rings is 1. The molecule has 0 saturated heterocycles. The Hall–Kier alpha value is -0.980. The van der Waals surface area contributed by atoms with Crippen molar-refractivity contribution in [3.8, 4) is 5.75 Å². The van der Waals surface area contributed by atoms with Crippen molar-refractivity contribution in [3.05, 3.63) is 24.3 Å². The minimum atomic E-state index is -2.99. The van der Waals surface area contributed by atoms with Crippen molar-refractivity contribution in [3.63, 3.8) is 0 Å². The third-order valence-electron chi connectivity index (χ3n) is 7.68. The van der Waals surface area contributed by atoms with Crippen molar-refractivity contribution in [2.45, 2.75) is 112 Å². The summed E-state index contributed by atoms with van der Waals surface area (Å²) in [6.07, 6.45) is -0.162. The number of halogens is 5. The zero-order valence-corrected chi connectivity index (χ0v) is 20.3. The van der Waals surface area contributed by atoms with Crippen LogP contribution in [0.4, 0.5) is 22.0 Å². The highest BCUT2D eigenvalue weighted by atomic mass is 32.1. The fourth-order valence-electron chi connectivity index (χ4n) is 5.52. The number of hydrogen-bond acceptors (Lipinski definition) is 2. The molecule has 188 valence electrons. The molecule has 2 aliphatic rings. The maximum atomic E-state index is 15.8. The second kappa shape index (κ2) is 11.6. The van der Waals surface area contributed by atoms with Crippen LogP contribution in [0.2, 0.25) is 0 Å². The highest BCUT2D eigenvalue weighted by Gasteiger charge is 2.67.